The highest BCUT2D eigenvalue weighted by Gasteiger charge is 2.14. The molecule has 16 heavy (non-hydrogen) atoms. The molecule has 1 atom stereocenters. The number of hydrogen-bond donors (Lipinski definition) is 1. The molecule has 4 heteroatoms. The van der Waals surface area contributed by atoms with Crippen molar-refractivity contribution in [1.29, 1.82) is 0 Å². The van der Waals surface area contributed by atoms with Crippen molar-refractivity contribution in [2.24, 2.45) is 0 Å². The SMILES string of the molecule is CCOC(=O)C(C)Nc1ccc(Cl)cc1C. The van der Waals surface area contributed by atoms with Crippen LogP contribution in [-0.2, 0) is 9.53 Å². The van der Waals surface area contributed by atoms with Gasteiger partial charge in [-0.05, 0) is 44.5 Å². The summed E-state index contributed by atoms with van der Waals surface area (Å²) in [7, 11) is 0. The van der Waals surface area contributed by atoms with Gasteiger partial charge in [-0.1, -0.05) is 11.6 Å². The molecule has 0 radical (unpaired) electrons. The van der Waals surface area contributed by atoms with E-state index < -0.39 is 0 Å². The fourth-order valence-corrected chi connectivity index (χ4v) is 1.58. The highest BCUT2D eigenvalue weighted by molar-refractivity contribution is 6.30. The molecule has 0 aliphatic rings. The average molecular weight is 242 g/mol. The van der Waals surface area contributed by atoms with E-state index in [-0.39, 0.29) is 12.0 Å². The van der Waals surface area contributed by atoms with Crippen molar-refractivity contribution in [3.63, 3.8) is 0 Å². The highest BCUT2D eigenvalue weighted by Crippen LogP contribution is 2.20. The van der Waals surface area contributed by atoms with Crippen molar-refractivity contribution in [3.8, 4) is 0 Å². The second-order valence-electron chi connectivity index (χ2n) is 3.58. The van der Waals surface area contributed by atoms with E-state index in [4.69, 9.17) is 16.3 Å². The smallest absolute Gasteiger partial charge is 0.328 e. The Kier molecular flexibility index (Phi) is 4.62. The first-order valence-corrected chi connectivity index (χ1v) is 5.61. The van der Waals surface area contributed by atoms with Crippen LogP contribution < -0.4 is 5.32 Å². The summed E-state index contributed by atoms with van der Waals surface area (Å²) in [6.45, 7) is 5.89. The third-order valence-electron chi connectivity index (χ3n) is 2.20. The second kappa shape index (κ2) is 5.75. The molecule has 0 saturated heterocycles. The van der Waals surface area contributed by atoms with Gasteiger partial charge in [-0.15, -0.1) is 0 Å². The minimum atomic E-state index is -0.361. The number of esters is 1. The normalized spacial score (nSPS) is 12.0. The van der Waals surface area contributed by atoms with Crippen molar-refractivity contribution < 1.29 is 9.53 Å². The van der Waals surface area contributed by atoms with Gasteiger partial charge in [0.1, 0.15) is 6.04 Å². The van der Waals surface area contributed by atoms with Gasteiger partial charge in [0.15, 0.2) is 0 Å². The number of rotatable bonds is 4. The minimum Gasteiger partial charge on any atom is -0.464 e. The molecule has 1 rings (SSSR count). The average Bonchev–Trinajstić information content (AvgIpc) is 2.22. The number of aryl methyl sites for hydroxylation is 1. The van der Waals surface area contributed by atoms with Crippen molar-refractivity contribution in [3.05, 3.63) is 28.8 Å². The van der Waals surface area contributed by atoms with E-state index >= 15 is 0 Å². The van der Waals surface area contributed by atoms with E-state index in [9.17, 15) is 4.79 Å². The number of ether oxygens (including phenoxy) is 1. The lowest BCUT2D eigenvalue weighted by molar-refractivity contribution is -0.143. The van der Waals surface area contributed by atoms with Crippen molar-refractivity contribution in [2.45, 2.75) is 26.8 Å². The number of carbonyl (C=O) groups excluding carboxylic acids is 1. The number of carbonyl (C=O) groups is 1. The maximum Gasteiger partial charge on any atom is 0.328 e. The van der Waals surface area contributed by atoms with Crippen molar-refractivity contribution in [1.82, 2.24) is 0 Å². The van der Waals surface area contributed by atoms with E-state index in [1.165, 1.54) is 0 Å². The Morgan fingerprint density at radius 1 is 1.56 bits per heavy atom. The number of anilines is 1. The number of hydrogen-bond acceptors (Lipinski definition) is 3. The zero-order valence-electron chi connectivity index (χ0n) is 9.71. The maximum atomic E-state index is 11.4. The predicted molar refractivity (Wildman–Crippen MR) is 65.9 cm³/mol. The van der Waals surface area contributed by atoms with E-state index in [0.29, 0.717) is 11.6 Å². The zero-order chi connectivity index (χ0) is 12.1. The molecular weight excluding hydrogens is 226 g/mol. The number of benzene rings is 1. The Morgan fingerprint density at radius 3 is 2.81 bits per heavy atom. The zero-order valence-corrected chi connectivity index (χ0v) is 10.5. The monoisotopic (exact) mass is 241 g/mol. The van der Waals surface area contributed by atoms with Gasteiger partial charge in [0.2, 0.25) is 0 Å². The third kappa shape index (κ3) is 3.42. The predicted octanol–water partition coefficient (Wildman–Crippen LogP) is 3.01. The van der Waals surface area contributed by atoms with Crippen LogP contribution in [0.4, 0.5) is 5.69 Å². The summed E-state index contributed by atoms with van der Waals surface area (Å²) in [5.74, 6) is -0.253. The molecule has 0 fully saturated rings. The van der Waals surface area contributed by atoms with Gasteiger partial charge in [0, 0.05) is 10.7 Å². The summed E-state index contributed by atoms with van der Waals surface area (Å²) >= 11 is 5.85. The molecule has 1 unspecified atom stereocenters. The van der Waals surface area contributed by atoms with Crippen LogP contribution in [0.3, 0.4) is 0 Å². The topological polar surface area (TPSA) is 38.3 Å². The van der Waals surface area contributed by atoms with Gasteiger partial charge in [-0.25, -0.2) is 4.79 Å². The van der Waals surface area contributed by atoms with Crippen LogP contribution in [0.1, 0.15) is 19.4 Å². The molecule has 0 aromatic heterocycles. The lowest BCUT2D eigenvalue weighted by Gasteiger charge is -2.15. The van der Waals surface area contributed by atoms with Crippen LogP contribution >= 0.6 is 11.6 Å². The highest BCUT2D eigenvalue weighted by atomic mass is 35.5. The van der Waals surface area contributed by atoms with E-state index in [1.54, 1.807) is 19.9 Å². The van der Waals surface area contributed by atoms with Crippen LogP contribution in [0.5, 0.6) is 0 Å². The van der Waals surface area contributed by atoms with Gasteiger partial charge in [0.05, 0.1) is 6.61 Å². The summed E-state index contributed by atoms with van der Waals surface area (Å²) in [6.07, 6.45) is 0. The van der Waals surface area contributed by atoms with Gasteiger partial charge in [0.25, 0.3) is 0 Å². The van der Waals surface area contributed by atoms with Crippen molar-refractivity contribution in [2.75, 3.05) is 11.9 Å². The molecule has 3 nitrogen and oxygen atoms in total. The first-order chi connectivity index (χ1) is 7.54. The molecule has 1 aromatic carbocycles. The molecule has 0 amide bonds. The van der Waals surface area contributed by atoms with E-state index in [1.807, 2.05) is 19.1 Å². The van der Waals surface area contributed by atoms with Crippen LogP contribution in [0, 0.1) is 6.92 Å². The Labute approximate surface area is 101 Å². The lowest BCUT2D eigenvalue weighted by atomic mass is 10.2. The molecule has 0 aliphatic carbocycles. The quantitative estimate of drug-likeness (QED) is 0.824. The maximum absolute atomic E-state index is 11.4. The summed E-state index contributed by atoms with van der Waals surface area (Å²) in [5, 5.41) is 3.78. The molecule has 1 aromatic rings. The Morgan fingerprint density at radius 2 is 2.25 bits per heavy atom. The largest absolute Gasteiger partial charge is 0.464 e. The summed E-state index contributed by atoms with van der Waals surface area (Å²) in [5.41, 5.74) is 1.90. The van der Waals surface area contributed by atoms with Crippen LogP contribution in [-0.4, -0.2) is 18.6 Å². The first kappa shape index (κ1) is 12.8. The summed E-state index contributed by atoms with van der Waals surface area (Å²) < 4.78 is 4.91. The van der Waals surface area contributed by atoms with Crippen LogP contribution in [0.25, 0.3) is 0 Å². The van der Waals surface area contributed by atoms with E-state index in [2.05, 4.69) is 5.32 Å². The number of halogens is 1. The summed E-state index contributed by atoms with van der Waals surface area (Å²) in [4.78, 5) is 11.4. The Balaban J connectivity index is 2.69. The molecule has 0 bridgehead atoms. The molecule has 0 spiro atoms. The second-order valence-corrected chi connectivity index (χ2v) is 4.01. The van der Waals surface area contributed by atoms with Gasteiger partial charge < -0.3 is 10.1 Å². The first-order valence-electron chi connectivity index (χ1n) is 5.24. The lowest BCUT2D eigenvalue weighted by Crippen LogP contribution is -2.28. The Bertz CT molecular complexity index is 379. The molecule has 1 N–H and O–H groups in total. The van der Waals surface area contributed by atoms with Gasteiger partial charge in [-0.2, -0.15) is 0 Å². The van der Waals surface area contributed by atoms with Gasteiger partial charge >= 0.3 is 5.97 Å². The van der Waals surface area contributed by atoms with Crippen LogP contribution in [0.2, 0.25) is 5.02 Å². The molecule has 0 heterocycles. The van der Waals surface area contributed by atoms with Crippen LogP contribution in [0.15, 0.2) is 18.2 Å². The fourth-order valence-electron chi connectivity index (χ4n) is 1.35. The van der Waals surface area contributed by atoms with E-state index in [0.717, 1.165) is 11.3 Å². The van der Waals surface area contributed by atoms with Gasteiger partial charge in [-0.3, -0.25) is 0 Å². The molecular formula is C12H16ClNO2. The molecule has 88 valence electrons. The minimum absolute atomic E-state index is 0.253. The molecule has 0 aliphatic heterocycles. The molecule has 0 saturated carbocycles. The fraction of sp³-hybridized carbons (Fsp3) is 0.417. The van der Waals surface area contributed by atoms with Crippen molar-refractivity contribution >= 4 is 23.3 Å². The third-order valence-corrected chi connectivity index (χ3v) is 2.44. The Hall–Kier alpha value is -1.22. The summed E-state index contributed by atoms with van der Waals surface area (Å²) in [6, 6.07) is 5.13. The number of nitrogens with one attached hydrogen (secondary N) is 1. The standard InChI is InChI=1S/C12H16ClNO2/c1-4-16-12(15)9(3)14-11-6-5-10(13)7-8(11)2/h5-7,9,14H,4H2,1-3H3.